The van der Waals surface area contributed by atoms with Crippen molar-refractivity contribution in [3.63, 3.8) is 0 Å². The Morgan fingerprint density at radius 1 is 1.28 bits per heavy atom. The third-order valence-corrected chi connectivity index (χ3v) is 6.28. The average Bonchev–Trinajstić information content (AvgIpc) is 3.44. The Morgan fingerprint density at radius 3 is 2.72 bits per heavy atom. The number of halogens is 3. The number of nitrogens with zero attached hydrogens (tertiary/aromatic N) is 4. The molecule has 1 atom stereocenters. The first-order chi connectivity index (χ1) is 17.2. The lowest BCUT2D eigenvalue weighted by molar-refractivity contribution is -0.160. The smallest absolute Gasteiger partial charge is 0.274 e. The van der Waals surface area contributed by atoms with E-state index in [0.29, 0.717) is 11.0 Å². The quantitative estimate of drug-likeness (QED) is 0.427. The van der Waals surface area contributed by atoms with Crippen molar-refractivity contribution in [2.75, 3.05) is 25.6 Å². The highest BCUT2D eigenvalue weighted by molar-refractivity contribution is 9.10. The van der Waals surface area contributed by atoms with E-state index in [9.17, 15) is 14.4 Å². The Hall–Kier alpha value is -3.19. The van der Waals surface area contributed by atoms with Crippen molar-refractivity contribution in [2.45, 2.75) is 13.0 Å². The number of likely N-dealkylation sites (N-methyl/N-ethyl adjacent to an activating group) is 1. The Kier molecular flexibility index (Phi) is 7.79. The number of aromatic nitrogens is 3. The van der Waals surface area contributed by atoms with Gasteiger partial charge in [0.05, 0.1) is 23.4 Å². The minimum absolute atomic E-state index is 0.00828. The van der Waals surface area contributed by atoms with Crippen molar-refractivity contribution in [1.29, 1.82) is 0 Å². The summed E-state index contributed by atoms with van der Waals surface area (Å²) in [6, 6.07) is 6.66. The van der Waals surface area contributed by atoms with Crippen LogP contribution in [-0.4, -0.2) is 63.9 Å². The van der Waals surface area contributed by atoms with E-state index < -0.39 is 17.9 Å². The molecule has 1 aliphatic rings. The van der Waals surface area contributed by atoms with Gasteiger partial charge >= 0.3 is 0 Å². The summed E-state index contributed by atoms with van der Waals surface area (Å²) < 4.78 is 6.75. The van der Waals surface area contributed by atoms with Crippen molar-refractivity contribution in [3.8, 4) is 11.7 Å². The molecule has 0 radical (unpaired) electrons. The number of hydrogen-bond acceptors (Lipinski definition) is 7. The van der Waals surface area contributed by atoms with Crippen LogP contribution in [0.25, 0.3) is 5.82 Å². The summed E-state index contributed by atoms with van der Waals surface area (Å²) in [7, 11) is 1.40. The molecule has 1 aromatic carbocycles. The zero-order valence-corrected chi connectivity index (χ0v) is 22.0. The van der Waals surface area contributed by atoms with Crippen molar-refractivity contribution in [3.05, 3.63) is 62.3 Å². The summed E-state index contributed by atoms with van der Waals surface area (Å²) in [6.07, 6.45) is 1.50. The first-order valence-corrected chi connectivity index (χ1v) is 12.1. The molecule has 14 heteroatoms. The Balaban J connectivity index is 1.66. The molecule has 4 rings (SSSR count). The third kappa shape index (κ3) is 5.16. The molecule has 1 fully saturated rings. The van der Waals surface area contributed by atoms with Gasteiger partial charge in [-0.05, 0) is 47.1 Å². The van der Waals surface area contributed by atoms with Crippen LogP contribution in [-0.2, 0) is 9.63 Å². The second-order valence-corrected chi connectivity index (χ2v) is 9.11. The number of amides is 3. The van der Waals surface area contributed by atoms with E-state index in [2.05, 4.69) is 36.6 Å². The highest BCUT2D eigenvalue weighted by atomic mass is 79.9. The zero-order chi connectivity index (χ0) is 26.0. The lowest BCUT2D eigenvalue weighted by Crippen LogP contribution is -2.42. The highest BCUT2D eigenvalue weighted by Crippen LogP contribution is 2.32. The zero-order valence-electron chi connectivity index (χ0n) is 18.9. The molecule has 1 unspecified atom stereocenters. The van der Waals surface area contributed by atoms with Crippen molar-refractivity contribution in [2.24, 2.45) is 0 Å². The molecule has 1 aliphatic heterocycles. The normalized spacial score (nSPS) is 15.2. The van der Waals surface area contributed by atoms with Gasteiger partial charge in [0.1, 0.15) is 18.3 Å². The summed E-state index contributed by atoms with van der Waals surface area (Å²) in [5, 5.41) is 11.2. The maximum atomic E-state index is 13.4. The summed E-state index contributed by atoms with van der Waals surface area (Å²) in [5.74, 6) is -1.29. The molecule has 3 amide bonds. The standard InChI is InChI=1S/C22H19BrCl2N6O5/c1-3-30-22(34)15(10-36-30)27-20(32)12-7-11(24)8-13(23)18(12)28-21(33)16-9-17(35-2)29-31(16)19-14(25)5-4-6-26-19/h4-9,15H,3,10H2,1-2H3,(H,27,32)(H,28,33). The number of rotatable bonds is 7. The van der Waals surface area contributed by atoms with Gasteiger partial charge in [0.25, 0.3) is 17.7 Å². The minimum Gasteiger partial charge on any atom is -0.480 e. The maximum absolute atomic E-state index is 13.4. The van der Waals surface area contributed by atoms with Gasteiger partial charge in [0.2, 0.25) is 5.88 Å². The van der Waals surface area contributed by atoms with E-state index in [4.69, 9.17) is 32.8 Å². The van der Waals surface area contributed by atoms with E-state index >= 15 is 0 Å². The monoisotopic (exact) mass is 596 g/mol. The van der Waals surface area contributed by atoms with Gasteiger partial charge in [-0.15, -0.1) is 5.10 Å². The van der Waals surface area contributed by atoms with Gasteiger partial charge in [-0.3, -0.25) is 19.2 Å². The van der Waals surface area contributed by atoms with Crippen LogP contribution in [0.3, 0.4) is 0 Å². The molecule has 2 N–H and O–H groups in total. The molecule has 3 aromatic rings. The van der Waals surface area contributed by atoms with Crippen LogP contribution in [0.1, 0.15) is 27.8 Å². The second-order valence-electron chi connectivity index (χ2n) is 7.41. The van der Waals surface area contributed by atoms with E-state index in [-0.39, 0.29) is 51.2 Å². The fourth-order valence-corrected chi connectivity index (χ4v) is 4.54. The third-order valence-electron chi connectivity index (χ3n) is 5.14. The number of carbonyl (C=O) groups excluding carboxylic acids is 3. The van der Waals surface area contributed by atoms with E-state index in [1.54, 1.807) is 19.1 Å². The number of hydrogen-bond donors (Lipinski definition) is 2. The summed E-state index contributed by atoms with van der Waals surface area (Å²) in [5.41, 5.74) is 0.192. The maximum Gasteiger partial charge on any atom is 0.274 e. The molecule has 11 nitrogen and oxygen atoms in total. The molecular formula is C22H19BrCl2N6O5. The van der Waals surface area contributed by atoms with Crippen LogP contribution < -0.4 is 15.4 Å². The number of pyridine rings is 1. The van der Waals surface area contributed by atoms with Gasteiger partial charge in [-0.2, -0.15) is 0 Å². The van der Waals surface area contributed by atoms with Crippen molar-refractivity contribution >= 4 is 62.5 Å². The summed E-state index contributed by atoms with van der Waals surface area (Å²) in [6.45, 7) is 2.08. The fraction of sp³-hybridized carbons (Fsp3) is 0.227. The molecule has 36 heavy (non-hydrogen) atoms. The predicted octanol–water partition coefficient (Wildman–Crippen LogP) is 3.49. The van der Waals surface area contributed by atoms with Gasteiger partial charge in [-0.25, -0.2) is 14.7 Å². The molecular weight excluding hydrogens is 579 g/mol. The van der Waals surface area contributed by atoms with Crippen LogP contribution in [0.4, 0.5) is 5.69 Å². The number of benzene rings is 1. The number of ether oxygens (including phenoxy) is 1. The molecule has 1 saturated heterocycles. The topological polar surface area (TPSA) is 128 Å². The largest absolute Gasteiger partial charge is 0.480 e. The van der Waals surface area contributed by atoms with E-state index in [0.717, 1.165) is 0 Å². The lowest BCUT2D eigenvalue weighted by atomic mass is 10.1. The Bertz CT molecular complexity index is 1350. The van der Waals surface area contributed by atoms with Crippen LogP contribution >= 0.6 is 39.1 Å². The van der Waals surface area contributed by atoms with Gasteiger partial charge in [0, 0.05) is 28.3 Å². The van der Waals surface area contributed by atoms with Crippen molar-refractivity contribution < 1.29 is 24.0 Å². The second kappa shape index (κ2) is 10.8. The molecule has 2 aromatic heterocycles. The highest BCUT2D eigenvalue weighted by Gasteiger charge is 2.34. The fourth-order valence-electron chi connectivity index (χ4n) is 3.43. The number of nitrogens with one attached hydrogen (secondary N) is 2. The van der Waals surface area contributed by atoms with Gasteiger partial charge in [-0.1, -0.05) is 23.2 Å². The van der Waals surface area contributed by atoms with Crippen LogP contribution in [0.15, 0.2) is 41.0 Å². The SMILES string of the molecule is CCN1OCC(NC(=O)c2cc(Cl)cc(Br)c2NC(=O)c2cc(OC)nn2-c2ncccc2Cl)C1=O. The molecule has 3 heterocycles. The number of hydroxylamine groups is 2. The molecule has 0 aliphatic carbocycles. The first kappa shape index (κ1) is 25.9. The van der Waals surface area contributed by atoms with Crippen molar-refractivity contribution in [1.82, 2.24) is 25.1 Å². The predicted molar refractivity (Wildman–Crippen MR) is 135 cm³/mol. The molecule has 0 spiro atoms. The summed E-state index contributed by atoms with van der Waals surface area (Å²) in [4.78, 5) is 48.3. The number of carbonyl (C=O) groups is 3. The van der Waals surface area contributed by atoms with Crippen LogP contribution in [0, 0.1) is 0 Å². The lowest BCUT2D eigenvalue weighted by Gasteiger charge is -2.16. The number of anilines is 1. The van der Waals surface area contributed by atoms with Crippen LogP contribution in [0.2, 0.25) is 10.0 Å². The first-order valence-electron chi connectivity index (χ1n) is 10.5. The molecule has 188 valence electrons. The van der Waals surface area contributed by atoms with E-state index in [1.807, 2.05) is 0 Å². The number of methoxy groups -OCH3 is 1. The Morgan fingerprint density at radius 2 is 2.06 bits per heavy atom. The molecule has 0 bridgehead atoms. The Labute approximate surface area is 223 Å². The van der Waals surface area contributed by atoms with Gasteiger partial charge < -0.3 is 15.4 Å². The van der Waals surface area contributed by atoms with Crippen LogP contribution in [0.5, 0.6) is 5.88 Å². The average molecular weight is 598 g/mol. The van der Waals surface area contributed by atoms with Gasteiger partial charge in [0.15, 0.2) is 5.82 Å². The minimum atomic E-state index is -0.879. The summed E-state index contributed by atoms with van der Waals surface area (Å²) >= 11 is 15.8. The van der Waals surface area contributed by atoms with E-state index in [1.165, 1.54) is 41.3 Å². The molecule has 0 saturated carbocycles.